The van der Waals surface area contributed by atoms with Crippen LogP contribution in [0.1, 0.15) is 40.0 Å². The average molecular weight is 306 g/mol. The van der Waals surface area contributed by atoms with Crippen LogP contribution < -0.4 is 0 Å². The fourth-order valence-electron chi connectivity index (χ4n) is 3.26. The van der Waals surface area contributed by atoms with Crippen molar-refractivity contribution in [2.75, 3.05) is 0 Å². The Labute approximate surface area is 130 Å². The molecule has 2 rings (SSSR count). The molecule has 0 radical (unpaired) electrons. The zero-order chi connectivity index (χ0) is 16.4. The van der Waals surface area contributed by atoms with E-state index >= 15 is 0 Å². The van der Waals surface area contributed by atoms with Crippen LogP contribution in [0, 0.1) is 11.8 Å². The zero-order valence-corrected chi connectivity index (χ0v) is 13.3. The molecule has 0 amide bonds. The Hall–Kier alpha value is -1.91. The van der Waals surface area contributed by atoms with Crippen LogP contribution in [-0.4, -0.2) is 29.9 Å². The molecule has 0 aromatic rings. The lowest BCUT2D eigenvalue weighted by molar-refractivity contribution is -0.145. The number of carbonyl (C=O) groups is 3. The van der Waals surface area contributed by atoms with Gasteiger partial charge in [0.05, 0.1) is 0 Å². The Morgan fingerprint density at radius 2 is 2.14 bits per heavy atom. The van der Waals surface area contributed by atoms with Crippen LogP contribution >= 0.6 is 0 Å². The van der Waals surface area contributed by atoms with Gasteiger partial charge in [-0.1, -0.05) is 19.6 Å². The highest BCUT2D eigenvalue weighted by molar-refractivity contribution is 5.90. The molecule has 0 saturated carbocycles. The molecule has 5 nitrogen and oxygen atoms in total. The third kappa shape index (κ3) is 3.46. The van der Waals surface area contributed by atoms with Gasteiger partial charge in [-0.3, -0.25) is 9.59 Å². The molecule has 120 valence electrons. The first kappa shape index (κ1) is 16.5. The Morgan fingerprint density at radius 3 is 2.73 bits per heavy atom. The Morgan fingerprint density at radius 1 is 1.45 bits per heavy atom. The summed E-state index contributed by atoms with van der Waals surface area (Å²) < 4.78 is 10.7. The monoisotopic (exact) mass is 306 g/mol. The topological polar surface area (TPSA) is 69.7 Å². The predicted molar refractivity (Wildman–Crippen MR) is 79.8 cm³/mol. The van der Waals surface area contributed by atoms with Crippen LogP contribution in [0.25, 0.3) is 0 Å². The molecule has 0 aromatic carbocycles. The molecule has 0 bridgehead atoms. The van der Waals surface area contributed by atoms with Gasteiger partial charge in [0.1, 0.15) is 18.0 Å². The van der Waals surface area contributed by atoms with Gasteiger partial charge < -0.3 is 9.47 Å². The second-order valence-corrected chi connectivity index (χ2v) is 6.16. The van der Waals surface area contributed by atoms with E-state index in [0.29, 0.717) is 18.4 Å². The van der Waals surface area contributed by atoms with Gasteiger partial charge in [0.2, 0.25) is 0 Å². The van der Waals surface area contributed by atoms with Gasteiger partial charge in [-0.25, -0.2) is 4.79 Å². The molecule has 1 fully saturated rings. The third-order valence-corrected chi connectivity index (χ3v) is 4.33. The van der Waals surface area contributed by atoms with Gasteiger partial charge >= 0.3 is 11.9 Å². The molecule has 1 aliphatic carbocycles. The molecule has 0 N–H and O–H groups in total. The second kappa shape index (κ2) is 6.46. The summed E-state index contributed by atoms with van der Waals surface area (Å²) in [7, 11) is 0. The molecule has 22 heavy (non-hydrogen) atoms. The van der Waals surface area contributed by atoms with E-state index in [9.17, 15) is 14.4 Å². The van der Waals surface area contributed by atoms with Crippen LogP contribution in [-0.2, 0) is 23.9 Å². The van der Waals surface area contributed by atoms with E-state index in [0.717, 1.165) is 5.57 Å². The summed E-state index contributed by atoms with van der Waals surface area (Å²) in [6, 6.07) is 0. The summed E-state index contributed by atoms with van der Waals surface area (Å²) in [6.45, 7) is 8.63. The summed E-state index contributed by atoms with van der Waals surface area (Å²) in [5, 5.41) is 0. The lowest BCUT2D eigenvalue weighted by Crippen LogP contribution is -2.26. The Bertz CT molecular complexity index is 529. The average Bonchev–Trinajstić information content (AvgIpc) is 2.56. The maximum atomic E-state index is 11.6. The molecular weight excluding hydrogens is 284 g/mol. The van der Waals surface area contributed by atoms with Crippen LogP contribution in [0.4, 0.5) is 0 Å². The maximum Gasteiger partial charge on any atom is 0.334 e. The minimum Gasteiger partial charge on any atom is -0.458 e. The SMILES string of the molecule is C=C1C(=O)O[C@@H]2C[C@H](C)C(C(CC(C)=O)OC(C)=O)=CC[C@H]12. The second-order valence-electron chi connectivity index (χ2n) is 6.16. The number of ketones is 1. The number of esters is 2. The van der Waals surface area contributed by atoms with Crippen LogP contribution in [0.3, 0.4) is 0 Å². The molecule has 0 aromatic heterocycles. The number of Topliss-reactive ketones (excluding diaryl/α,β-unsaturated/α-hetero) is 1. The number of ether oxygens (including phenoxy) is 2. The van der Waals surface area contributed by atoms with Crippen molar-refractivity contribution in [2.24, 2.45) is 11.8 Å². The van der Waals surface area contributed by atoms with Gasteiger partial charge in [-0.05, 0) is 31.3 Å². The van der Waals surface area contributed by atoms with E-state index in [1.54, 1.807) is 0 Å². The van der Waals surface area contributed by atoms with Crippen molar-refractivity contribution in [1.29, 1.82) is 0 Å². The highest BCUT2D eigenvalue weighted by Crippen LogP contribution is 2.39. The van der Waals surface area contributed by atoms with Crippen molar-refractivity contribution in [3.8, 4) is 0 Å². The normalized spacial score (nSPS) is 29.0. The van der Waals surface area contributed by atoms with Gasteiger partial charge in [-0.2, -0.15) is 0 Å². The number of fused-ring (bicyclic) bond motifs is 1. The Kier molecular flexibility index (Phi) is 4.84. The zero-order valence-electron chi connectivity index (χ0n) is 13.3. The van der Waals surface area contributed by atoms with E-state index in [4.69, 9.17) is 9.47 Å². The fourth-order valence-corrected chi connectivity index (χ4v) is 3.26. The highest BCUT2D eigenvalue weighted by Gasteiger charge is 2.41. The van der Waals surface area contributed by atoms with E-state index in [1.165, 1.54) is 13.8 Å². The van der Waals surface area contributed by atoms with E-state index in [-0.39, 0.29) is 36.1 Å². The molecule has 1 unspecified atom stereocenters. The molecule has 2 aliphatic rings. The molecule has 1 aliphatic heterocycles. The minimum absolute atomic E-state index is 0.0252. The summed E-state index contributed by atoms with van der Waals surface area (Å²) in [5.41, 5.74) is 1.44. The predicted octanol–water partition coefficient (Wildman–Crippen LogP) is 2.35. The first-order valence-corrected chi connectivity index (χ1v) is 7.56. The smallest absolute Gasteiger partial charge is 0.334 e. The van der Waals surface area contributed by atoms with Crippen molar-refractivity contribution in [3.63, 3.8) is 0 Å². The third-order valence-electron chi connectivity index (χ3n) is 4.33. The fraction of sp³-hybridized carbons (Fsp3) is 0.588. The summed E-state index contributed by atoms with van der Waals surface area (Å²) in [6.07, 6.45) is 2.71. The molecule has 1 heterocycles. The van der Waals surface area contributed by atoms with Crippen molar-refractivity contribution in [2.45, 2.75) is 52.2 Å². The number of allylic oxidation sites excluding steroid dienone is 1. The molecule has 5 heteroatoms. The van der Waals surface area contributed by atoms with E-state index in [1.807, 2.05) is 13.0 Å². The number of carbonyl (C=O) groups excluding carboxylic acids is 3. The maximum absolute atomic E-state index is 11.6. The summed E-state index contributed by atoms with van der Waals surface area (Å²) in [5.74, 6) is -0.710. The van der Waals surface area contributed by atoms with E-state index in [2.05, 4.69) is 6.58 Å². The van der Waals surface area contributed by atoms with Crippen molar-refractivity contribution in [1.82, 2.24) is 0 Å². The van der Waals surface area contributed by atoms with Gasteiger partial charge in [0, 0.05) is 24.8 Å². The molecule has 0 spiro atoms. The lowest BCUT2D eigenvalue weighted by Gasteiger charge is -2.24. The van der Waals surface area contributed by atoms with Crippen molar-refractivity contribution >= 4 is 17.7 Å². The first-order chi connectivity index (χ1) is 10.3. The highest BCUT2D eigenvalue weighted by atomic mass is 16.6. The quantitative estimate of drug-likeness (QED) is 0.453. The van der Waals surface area contributed by atoms with E-state index < -0.39 is 12.1 Å². The van der Waals surface area contributed by atoms with Crippen molar-refractivity contribution in [3.05, 3.63) is 23.8 Å². The first-order valence-electron chi connectivity index (χ1n) is 7.56. The number of rotatable bonds is 4. The molecule has 4 atom stereocenters. The molecule has 1 saturated heterocycles. The number of hydrogen-bond donors (Lipinski definition) is 0. The standard InChI is InChI=1S/C17H22O5/c1-9-7-15-14(11(3)17(20)22-15)6-5-13(9)16(8-10(2)18)21-12(4)19/h5,9,14-16H,3,6-8H2,1-2,4H3/t9-,14+,15+,16?/m0/s1. The largest absolute Gasteiger partial charge is 0.458 e. The van der Waals surface area contributed by atoms with Crippen LogP contribution in [0.5, 0.6) is 0 Å². The minimum atomic E-state index is -0.534. The van der Waals surface area contributed by atoms with Crippen molar-refractivity contribution < 1.29 is 23.9 Å². The number of hydrogen-bond acceptors (Lipinski definition) is 5. The van der Waals surface area contributed by atoms with Crippen LogP contribution in [0.15, 0.2) is 23.8 Å². The lowest BCUT2D eigenvalue weighted by atomic mass is 9.89. The van der Waals surface area contributed by atoms with Crippen LogP contribution in [0.2, 0.25) is 0 Å². The summed E-state index contributed by atoms with van der Waals surface area (Å²) in [4.78, 5) is 34.4. The Balaban J connectivity index is 2.23. The van der Waals surface area contributed by atoms with Gasteiger partial charge in [0.25, 0.3) is 0 Å². The van der Waals surface area contributed by atoms with Gasteiger partial charge in [0.15, 0.2) is 0 Å². The molecular formula is C17H22O5. The van der Waals surface area contributed by atoms with Gasteiger partial charge in [-0.15, -0.1) is 0 Å². The summed E-state index contributed by atoms with van der Waals surface area (Å²) >= 11 is 0.